The molecular weight excluding hydrogens is 217 g/mol. The van der Waals surface area contributed by atoms with Gasteiger partial charge in [0, 0.05) is 31.2 Å². The zero-order chi connectivity index (χ0) is 12.1. The first-order valence-corrected chi connectivity index (χ1v) is 5.48. The van der Waals surface area contributed by atoms with Gasteiger partial charge in [0.1, 0.15) is 5.82 Å². The molecule has 0 radical (unpaired) electrons. The van der Waals surface area contributed by atoms with Gasteiger partial charge in [-0.05, 0) is 30.2 Å². The summed E-state index contributed by atoms with van der Waals surface area (Å²) in [5.41, 5.74) is 1.94. The van der Waals surface area contributed by atoms with Gasteiger partial charge in [0.15, 0.2) is 0 Å². The fourth-order valence-electron chi connectivity index (χ4n) is 1.57. The Morgan fingerprint density at radius 2 is 2.18 bits per heavy atom. The second kappa shape index (κ2) is 5.50. The number of rotatable bonds is 4. The van der Waals surface area contributed by atoms with Crippen LogP contribution < -0.4 is 5.32 Å². The highest BCUT2D eigenvalue weighted by molar-refractivity contribution is 5.14. The van der Waals surface area contributed by atoms with Crippen LogP contribution in [0.15, 0.2) is 43.0 Å². The van der Waals surface area contributed by atoms with Crippen molar-refractivity contribution in [1.82, 2.24) is 15.3 Å². The molecule has 2 rings (SSSR count). The van der Waals surface area contributed by atoms with Gasteiger partial charge < -0.3 is 5.32 Å². The smallest absolute Gasteiger partial charge is 0.141 e. The van der Waals surface area contributed by atoms with E-state index in [4.69, 9.17) is 0 Å². The molecule has 2 aromatic rings. The SMILES string of the molecule is CC(NCc1cncc(F)c1)c1cccnc1. The topological polar surface area (TPSA) is 37.8 Å². The van der Waals surface area contributed by atoms with E-state index in [1.54, 1.807) is 12.4 Å². The monoisotopic (exact) mass is 231 g/mol. The Morgan fingerprint density at radius 3 is 2.88 bits per heavy atom. The molecule has 4 heteroatoms. The number of aromatic nitrogens is 2. The highest BCUT2D eigenvalue weighted by Gasteiger charge is 2.04. The van der Waals surface area contributed by atoms with Crippen LogP contribution in [0, 0.1) is 5.82 Å². The maximum Gasteiger partial charge on any atom is 0.141 e. The second-order valence-corrected chi connectivity index (χ2v) is 3.90. The molecule has 0 amide bonds. The van der Waals surface area contributed by atoms with Crippen LogP contribution >= 0.6 is 0 Å². The number of hydrogen-bond acceptors (Lipinski definition) is 3. The van der Waals surface area contributed by atoms with E-state index in [-0.39, 0.29) is 11.9 Å². The lowest BCUT2D eigenvalue weighted by molar-refractivity contribution is 0.565. The van der Waals surface area contributed by atoms with Gasteiger partial charge in [-0.2, -0.15) is 0 Å². The maximum atomic E-state index is 12.9. The summed E-state index contributed by atoms with van der Waals surface area (Å²) < 4.78 is 12.9. The molecule has 1 N–H and O–H groups in total. The van der Waals surface area contributed by atoms with Crippen LogP contribution in [0.4, 0.5) is 4.39 Å². The van der Waals surface area contributed by atoms with Gasteiger partial charge in [0.2, 0.25) is 0 Å². The number of halogens is 1. The van der Waals surface area contributed by atoms with Gasteiger partial charge in [-0.3, -0.25) is 9.97 Å². The van der Waals surface area contributed by atoms with Crippen molar-refractivity contribution in [2.45, 2.75) is 19.5 Å². The maximum absolute atomic E-state index is 12.9. The first kappa shape index (κ1) is 11.7. The molecule has 3 nitrogen and oxygen atoms in total. The van der Waals surface area contributed by atoms with E-state index >= 15 is 0 Å². The highest BCUT2D eigenvalue weighted by atomic mass is 19.1. The molecule has 0 aliphatic carbocycles. The lowest BCUT2D eigenvalue weighted by atomic mass is 10.1. The van der Waals surface area contributed by atoms with Crippen LogP contribution in [0.3, 0.4) is 0 Å². The molecule has 1 atom stereocenters. The minimum absolute atomic E-state index is 0.173. The lowest BCUT2D eigenvalue weighted by Crippen LogP contribution is -2.18. The van der Waals surface area contributed by atoms with Crippen LogP contribution in [0.5, 0.6) is 0 Å². The first-order valence-electron chi connectivity index (χ1n) is 5.48. The fraction of sp³-hybridized carbons (Fsp3) is 0.231. The van der Waals surface area contributed by atoms with E-state index in [0.29, 0.717) is 6.54 Å². The molecule has 0 aliphatic heterocycles. The van der Waals surface area contributed by atoms with Crippen molar-refractivity contribution < 1.29 is 4.39 Å². The standard InChI is InChI=1S/C13H14FN3/c1-10(12-3-2-4-15-8-12)17-7-11-5-13(14)9-16-6-11/h2-6,8-10,17H,7H2,1H3. The average molecular weight is 231 g/mol. The average Bonchev–Trinajstić information content (AvgIpc) is 2.37. The zero-order valence-electron chi connectivity index (χ0n) is 9.60. The molecule has 0 saturated carbocycles. The van der Waals surface area contributed by atoms with Crippen LogP contribution in [0.2, 0.25) is 0 Å². The summed E-state index contributed by atoms with van der Waals surface area (Å²) >= 11 is 0. The molecule has 2 aromatic heterocycles. The Labute approximate surface area is 99.7 Å². The van der Waals surface area contributed by atoms with Crippen molar-refractivity contribution in [2.24, 2.45) is 0 Å². The lowest BCUT2D eigenvalue weighted by Gasteiger charge is -2.13. The number of pyridine rings is 2. The van der Waals surface area contributed by atoms with E-state index in [1.807, 2.05) is 25.3 Å². The van der Waals surface area contributed by atoms with Gasteiger partial charge in [-0.25, -0.2) is 4.39 Å². The Morgan fingerprint density at radius 1 is 1.29 bits per heavy atom. The van der Waals surface area contributed by atoms with Crippen LogP contribution in [0.1, 0.15) is 24.1 Å². The predicted octanol–water partition coefficient (Wildman–Crippen LogP) is 2.47. The molecule has 0 bridgehead atoms. The fourth-order valence-corrected chi connectivity index (χ4v) is 1.57. The predicted molar refractivity (Wildman–Crippen MR) is 63.7 cm³/mol. The van der Waals surface area contributed by atoms with Crippen molar-refractivity contribution in [1.29, 1.82) is 0 Å². The normalized spacial score (nSPS) is 12.4. The summed E-state index contributed by atoms with van der Waals surface area (Å²) in [6.45, 7) is 2.63. The quantitative estimate of drug-likeness (QED) is 0.878. The largest absolute Gasteiger partial charge is 0.306 e. The van der Waals surface area contributed by atoms with Crippen LogP contribution in [0.25, 0.3) is 0 Å². The van der Waals surface area contributed by atoms with E-state index < -0.39 is 0 Å². The molecular formula is C13H14FN3. The second-order valence-electron chi connectivity index (χ2n) is 3.90. The molecule has 1 unspecified atom stereocenters. The van der Waals surface area contributed by atoms with Gasteiger partial charge in [0.25, 0.3) is 0 Å². The van der Waals surface area contributed by atoms with E-state index in [1.165, 1.54) is 12.3 Å². The van der Waals surface area contributed by atoms with Crippen LogP contribution in [-0.2, 0) is 6.54 Å². The number of nitrogens with zero attached hydrogens (tertiary/aromatic N) is 2. The third kappa shape index (κ3) is 3.32. The van der Waals surface area contributed by atoms with E-state index in [2.05, 4.69) is 15.3 Å². The Bertz CT molecular complexity index is 473. The van der Waals surface area contributed by atoms with Crippen molar-refractivity contribution >= 4 is 0 Å². The molecule has 0 aromatic carbocycles. The summed E-state index contributed by atoms with van der Waals surface area (Å²) in [7, 11) is 0. The van der Waals surface area contributed by atoms with Crippen molar-refractivity contribution in [3.05, 3.63) is 59.9 Å². The molecule has 88 valence electrons. The Kier molecular flexibility index (Phi) is 3.77. The first-order chi connectivity index (χ1) is 8.25. The Hall–Kier alpha value is -1.81. The van der Waals surface area contributed by atoms with Gasteiger partial charge in [-0.15, -0.1) is 0 Å². The minimum Gasteiger partial charge on any atom is -0.306 e. The summed E-state index contributed by atoms with van der Waals surface area (Å²) in [4.78, 5) is 7.87. The molecule has 0 fully saturated rings. The summed E-state index contributed by atoms with van der Waals surface area (Å²) in [5.74, 6) is -0.307. The summed E-state index contributed by atoms with van der Waals surface area (Å²) in [6, 6.07) is 5.56. The van der Waals surface area contributed by atoms with Crippen molar-refractivity contribution in [3.8, 4) is 0 Å². The molecule has 0 spiro atoms. The van der Waals surface area contributed by atoms with Gasteiger partial charge in [-0.1, -0.05) is 6.07 Å². The third-order valence-electron chi connectivity index (χ3n) is 2.56. The number of hydrogen-bond donors (Lipinski definition) is 1. The zero-order valence-corrected chi connectivity index (χ0v) is 9.60. The molecule has 0 saturated heterocycles. The summed E-state index contributed by atoms with van der Waals surface area (Å²) in [5, 5.41) is 3.30. The minimum atomic E-state index is -0.307. The Balaban J connectivity index is 1.95. The third-order valence-corrected chi connectivity index (χ3v) is 2.56. The molecule has 0 aliphatic rings. The van der Waals surface area contributed by atoms with Gasteiger partial charge in [0.05, 0.1) is 6.20 Å². The molecule has 2 heterocycles. The number of nitrogens with one attached hydrogen (secondary N) is 1. The highest BCUT2D eigenvalue weighted by Crippen LogP contribution is 2.11. The van der Waals surface area contributed by atoms with E-state index in [0.717, 1.165) is 11.1 Å². The van der Waals surface area contributed by atoms with Crippen molar-refractivity contribution in [2.75, 3.05) is 0 Å². The van der Waals surface area contributed by atoms with Gasteiger partial charge >= 0.3 is 0 Å². The van der Waals surface area contributed by atoms with E-state index in [9.17, 15) is 4.39 Å². The van der Waals surface area contributed by atoms with Crippen molar-refractivity contribution in [3.63, 3.8) is 0 Å². The molecule has 17 heavy (non-hydrogen) atoms. The van der Waals surface area contributed by atoms with Crippen LogP contribution in [-0.4, -0.2) is 9.97 Å². The summed E-state index contributed by atoms with van der Waals surface area (Å²) in [6.07, 6.45) is 6.42.